The second kappa shape index (κ2) is 8.35. The molecular weight excluding hydrogens is 264 g/mol. The minimum atomic E-state index is -0.169. The third-order valence-corrected chi connectivity index (χ3v) is 3.84. The fraction of sp³-hybridized carbons (Fsp3) is 0.471. The topological polar surface area (TPSA) is 50.4 Å². The number of allylic oxidation sites excluding steroid dienone is 1. The first-order valence-corrected chi connectivity index (χ1v) is 7.62. The highest BCUT2D eigenvalue weighted by Crippen LogP contribution is 2.24. The molecule has 0 heterocycles. The van der Waals surface area contributed by atoms with Crippen molar-refractivity contribution in [3.8, 4) is 5.75 Å². The molecule has 2 amide bonds. The third-order valence-electron chi connectivity index (χ3n) is 3.84. The average Bonchev–Trinajstić information content (AvgIpc) is 2.54. The number of nitrogens with one attached hydrogen (secondary N) is 2. The molecule has 2 N–H and O–H groups in total. The van der Waals surface area contributed by atoms with Gasteiger partial charge in [-0.05, 0) is 36.5 Å². The van der Waals surface area contributed by atoms with E-state index < -0.39 is 0 Å². The molecule has 0 bridgehead atoms. The van der Waals surface area contributed by atoms with Crippen LogP contribution in [-0.2, 0) is 6.54 Å². The molecule has 0 aromatic heterocycles. The second-order valence-corrected chi connectivity index (χ2v) is 5.43. The van der Waals surface area contributed by atoms with Crippen molar-refractivity contribution in [2.24, 2.45) is 5.92 Å². The number of carbonyl (C=O) groups is 1. The molecule has 2 rings (SSSR count). The number of carbonyl (C=O) groups excluding carboxylic acids is 1. The Labute approximate surface area is 126 Å². The van der Waals surface area contributed by atoms with Crippen molar-refractivity contribution in [1.29, 1.82) is 0 Å². The van der Waals surface area contributed by atoms with Crippen molar-refractivity contribution in [2.45, 2.75) is 38.6 Å². The van der Waals surface area contributed by atoms with Crippen molar-refractivity contribution < 1.29 is 9.53 Å². The highest BCUT2D eigenvalue weighted by molar-refractivity contribution is 5.74. The molecule has 1 fully saturated rings. The third kappa shape index (κ3) is 5.50. The van der Waals surface area contributed by atoms with Gasteiger partial charge in [0.05, 0.1) is 7.11 Å². The number of hydrogen-bond donors (Lipinski definition) is 2. The van der Waals surface area contributed by atoms with E-state index in [1.54, 1.807) is 13.3 Å². The highest BCUT2D eigenvalue weighted by Gasteiger charge is 2.09. The van der Waals surface area contributed by atoms with E-state index in [4.69, 9.17) is 4.74 Å². The van der Waals surface area contributed by atoms with E-state index in [1.165, 1.54) is 32.1 Å². The standard InChI is InChI=1S/C17H24N2O2/c1-21-16-9-7-15(8-10-16)13-19-17(20)18-12-11-14-5-3-2-4-6-14/h7-12,14H,2-6,13H2,1H3,(H2,18,19,20)/b12-11+. The summed E-state index contributed by atoms with van der Waals surface area (Å²) in [5, 5.41) is 5.60. The van der Waals surface area contributed by atoms with Gasteiger partial charge in [-0.1, -0.05) is 37.5 Å². The van der Waals surface area contributed by atoms with Gasteiger partial charge in [-0.3, -0.25) is 0 Å². The van der Waals surface area contributed by atoms with Crippen LogP contribution >= 0.6 is 0 Å². The molecule has 4 heteroatoms. The summed E-state index contributed by atoms with van der Waals surface area (Å²) in [4.78, 5) is 11.7. The van der Waals surface area contributed by atoms with Crippen molar-refractivity contribution in [3.63, 3.8) is 0 Å². The molecule has 1 aliphatic carbocycles. The van der Waals surface area contributed by atoms with Gasteiger partial charge < -0.3 is 15.4 Å². The monoisotopic (exact) mass is 288 g/mol. The van der Waals surface area contributed by atoms with E-state index in [-0.39, 0.29) is 6.03 Å². The number of urea groups is 1. The summed E-state index contributed by atoms with van der Waals surface area (Å²) in [5.74, 6) is 1.44. The van der Waals surface area contributed by atoms with Crippen LogP contribution in [0.4, 0.5) is 4.79 Å². The van der Waals surface area contributed by atoms with Crippen LogP contribution in [0.1, 0.15) is 37.7 Å². The Morgan fingerprint density at radius 1 is 1.24 bits per heavy atom. The Bertz CT molecular complexity index is 462. The van der Waals surface area contributed by atoms with Crippen LogP contribution in [0.5, 0.6) is 5.75 Å². The van der Waals surface area contributed by atoms with E-state index in [0.29, 0.717) is 12.5 Å². The molecule has 0 atom stereocenters. The van der Waals surface area contributed by atoms with E-state index in [1.807, 2.05) is 24.3 Å². The summed E-state index contributed by atoms with van der Waals surface area (Å²) in [6.45, 7) is 0.507. The second-order valence-electron chi connectivity index (χ2n) is 5.43. The van der Waals surface area contributed by atoms with Gasteiger partial charge in [0.2, 0.25) is 0 Å². The number of rotatable bonds is 5. The molecule has 4 nitrogen and oxygen atoms in total. The summed E-state index contributed by atoms with van der Waals surface area (Å²) in [5.41, 5.74) is 1.04. The lowest BCUT2D eigenvalue weighted by Gasteiger charge is -2.17. The molecule has 0 saturated heterocycles. The molecule has 1 saturated carbocycles. The zero-order chi connectivity index (χ0) is 14.9. The molecule has 114 valence electrons. The lowest BCUT2D eigenvalue weighted by atomic mass is 9.89. The van der Waals surface area contributed by atoms with Crippen LogP contribution in [0.2, 0.25) is 0 Å². The van der Waals surface area contributed by atoms with Gasteiger partial charge in [0, 0.05) is 12.7 Å². The Morgan fingerprint density at radius 3 is 2.62 bits per heavy atom. The molecule has 0 radical (unpaired) electrons. The minimum absolute atomic E-state index is 0.169. The van der Waals surface area contributed by atoms with Crippen molar-refractivity contribution in [3.05, 3.63) is 42.1 Å². The molecule has 0 unspecified atom stereocenters. The fourth-order valence-electron chi connectivity index (χ4n) is 2.56. The first-order valence-electron chi connectivity index (χ1n) is 7.62. The maximum absolute atomic E-state index is 11.7. The molecule has 21 heavy (non-hydrogen) atoms. The largest absolute Gasteiger partial charge is 0.497 e. The molecule has 1 aliphatic rings. The number of ether oxygens (including phenoxy) is 1. The predicted octanol–water partition coefficient (Wildman–Crippen LogP) is 3.59. The normalized spacial score (nSPS) is 15.9. The van der Waals surface area contributed by atoms with Gasteiger partial charge in [-0.2, -0.15) is 0 Å². The quantitative estimate of drug-likeness (QED) is 0.870. The number of benzene rings is 1. The van der Waals surface area contributed by atoms with Crippen molar-refractivity contribution in [2.75, 3.05) is 7.11 Å². The highest BCUT2D eigenvalue weighted by atomic mass is 16.5. The van der Waals surface area contributed by atoms with Crippen LogP contribution in [0.25, 0.3) is 0 Å². The van der Waals surface area contributed by atoms with Gasteiger partial charge >= 0.3 is 6.03 Å². The van der Waals surface area contributed by atoms with Crippen LogP contribution in [0, 0.1) is 5.92 Å². The Balaban J connectivity index is 1.67. The summed E-state index contributed by atoms with van der Waals surface area (Å²) in [6.07, 6.45) is 10.3. The Kier molecular flexibility index (Phi) is 6.13. The first-order chi connectivity index (χ1) is 10.3. The molecule has 1 aromatic carbocycles. The van der Waals surface area contributed by atoms with Gasteiger partial charge in [-0.15, -0.1) is 0 Å². The predicted molar refractivity (Wildman–Crippen MR) is 84.1 cm³/mol. The van der Waals surface area contributed by atoms with Crippen LogP contribution < -0.4 is 15.4 Å². The van der Waals surface area contributed by atoms with Crippen LogP contribution in [0.15, 0.2) is 36.5 Å². The smallest absolute Gasteiger partial charge is 0.319 e. The lowest BCUT2D eigenvalue weighted by molar-refractivity contribution is 0.243. The van der Waals surface area contributed by atoms with Gasteiger partial charge in [0.1, 0.15) is 5.75 Å². The molecular formula is C17H24N2O2. The van der Waals surface area contributed by atoms with Crippen LogP contribution in [-0.4, -0.2) is 13.1 Å². The Hall–Kier alpha value is -1.97. The van der Waals surface area contributed by atoms with Crippen LogP contribution in [0.3, 0.4) is 0 Å². The maximum atomic E-state index is 11.7. The molecule has 0 spiro atoms. The maximum Gasteiger partial charge on any atom is 0.319 e. The van der Waals surface area contributed by atoms with Crippen molar-refractivity contribution in [1.82, 2.24) is 10.6 Å². The van der Waals surface area contributed by atoms with E-state index in [0.717, 1.165) is 11.3 Å². The SMILES string of the molecule is COc1ccc(CNC(=O)N/C=C/C2CCCCC2)cc1. The van der Waals surface area contributed by atoms with Gasteiger partial charge in [-0.25, -0.2) is 4.79 Å². The summed E-state index contributed by atoms with van der Waals surface area (Å²) in [7, 11) is 1.64. The number of hydrogen-bond acceptors (Lipinski definition) is 2. The zero-order valence-electron chi connectivity index (χ0n) is 12.6. The molecule has 1 aromatic rings. The van der Waals surface area contributed by atoms with E-state index in [9.17, 15) is 4.79 Å². The van der Waals surface area contributed by atoms with Gasteiger partial charge in [0.25, 0.3) is 0 Å². The zero-order valence-corrected chi connectivity index (χ0v) is 12.6. The van der Waals surface area contributed by atoms with Gasteiger partial charge in [0.15, 0.2) is 0 Å². The van der Waals surface area contributed by atoms with E-state index in [2.05, 4.69) is 16.7 Å². The number of methoxy groups -OCH3 is 1. The minimum Gasteiger partial charge on any atom is -0.497 e. The fourth-order valence-corrected chi connectivity index (χ4v) is 2.56. The number of amides is 2. The summed E-state index contributed by atoms with van der Waals surface area (Å²) < 4.78 is 5.10. The summed E-state index contributed by atoms with van der Waals surface area (Å²) >= 11 is 0. The first kappa shape index (κ1) is 15.4. The summed E-state index contributed by atoms with van der Waals surface area (Å²) in [6, 6.07) is 7.49. The molecule has 0 aliphatic heterocycles. The Morgan fingerprint density at radius 2 is 1.95 bits per heavy atom. The average molecular weight is 288 g/mol. The van der Waals surface area contributed by atoms with E-state index >= 15 is 0 Å². The lowest BCUT2D eigenvalue weighted by Crippen LogP contribution is -2.31. The van der Waals surface area contributed by atoms with Crippen molar-refractivity contribution >= 4 is 6.03 Å².